The third kappa shape index (κ3) is 3.46. The molecule has 0 aromatic carbocycles. The van der Waals surface area contributed by atoms with Crippen molar-refractivity contribution >= 4 is 33.3 Å². The van der Waals surface area contributed by atoms with Crippen molar-refractivity contribution in [1.29, 1.82) is 5.26 Å². The fourth-order valence-corrected chi connectivity index (χ4v) is 3.80. The van der Waals surface area contributed by atoms with Crippen LogP contribution in [0.3, 0.4) is 0 Å². The van der Waals surface area contributed by atoms with Gasteiger partial charge in [0.2, 0.25) is 0 Å². The second kappa shape index (κ2) is 6.98. The molecule has 0 atom stereocenters. The standard InChI is InChI=1S/C18H15BrN4OS/c1-10-11(2)15(7-20)18(21-12(10)3)25-9-14-6-17(24)23-8-13(19)4-5-16(23)22-14/h4-6,8H,9H2,1-3H3. The summed E-state index contributed by atoms with van der Waals surface area (Å²) in [6, 6.07) is 7.40. The Labute approximate surface area is 157 Å². The fraction of sp³-hybridized carbons (Fsp3) is 0.222. The quantitative estimate of drug-likeness (QED) is 0.606. The molecule has 126 valence electrons. The normalized spacial score (nSPS) is 10.8. The molecule has 0 amide bonds. The van der Waals surface area contributed by atoms with Gasteiger partial charge in [-0.25, -0.2) is 9.97 Å². The third-order valence-electron chi connectivity index (χ3n) is 4.11. The zero-order chi connectivity index (χ0) is 18.1. The van der Waals surface area contributed by atoms with Gasteiger partial charge in [-0.1, -0.05) is 11.8 Å². The maximum Gasteiger partial charge on any atom is 0.258 e. The van der Waals surface area contributed by atoms with Crippen LogP contribution in [0.5, 0.6) is 0 Å². The number of rotatable bonds is 3. The zero-order valence-corrected chi connectivity index (χ0v) is 16.4. The molecule has 3 rings (SSSR count). The molecule has 25 heavy (non-hydrogen) atoms. The fourth-order valence-electron chi connectivity index (χ4n) is 2.49. The molecule has 7 heteroatoms. The molecule has 3 aromatic rings. The molecule has 0 fully saturated rings. The highest BCUT2D eigenvalue weighted by molar-refractivity contribution is 9.10. The van der Waals surface area contributed by atoms with E-state index in [1.807, 2.05) is 26.8 Å². The van der Waals surface area contributed by atoms with E-state index in [-0.39, 0.29) is 5.56 Å². The lowest BCUT2D eigenvalue weighted by atomic mass is 10.1. The van der Waals surface area contributed by atoms with Gasteiger partial charge in [-0.05, 0) is 60.0 Å². The van der Waals surface area contributed by atoms with Gasteiger partial charge in [0.1, 0.15) is 16.7 Å². The minimum Gasteiger partial charge on any atom is -0.269 e. The number of thioether (sulfide) groups is 1. The average Bonchev–Trinajstić information content (AvgIpc) is 2.58. The Morgan fingerprint density at radius 1 is 1.24 bits per heavy atom. The van der Waals surface area contributed by atoms with Crippen molar-refractivity contribution in [2.24, 2.45) is 0 Å². The lowest BCUT2D eigenvalue weighted by Gasteiger charge is -2.11. The average molecular weight is 415 g/mol. The summed E-state index contributed by atoms with van der Waals surface area (Å²) < 4.78 is 2.32. The summed E-state index contributed by atoms with van der Waals surface area (Å²) in [5, 5.41) is 10.1. The van der Waals surface area contributed by atoms with Gasteiger partial charge in [-0.3, -0.25) is 9.20 Å². The van der Waals surface area contributed by atoms with E-state index in [0.29, 0.717) is 27.7 Å². The monoisotopic (exact) mass is 414 g/mol. The van der Waals surface area contributed by atoms with Crippen LogP contribution < -0.4 is 5.56 Å². The van der Waals surface area contributed by atoms with Crippen molar-refractivity contribution in [2.45, 2.75) is 31.6 Å². The Balaban J connectivity index is 1.95. The summed E-state index contributed by atoms with van der Waals surface area (Å²) in [4.78, 5) is 21.3. The summed E-state index contributed by atoms with van der Waals surface area (Å²) in [5.74, 6) is 0.478. The highest BCUT2D eigenvalue weighted by Gasteiger charge is 2.13. The van der Waals surface area contributed by atoms with E-state index in [0.717, 1.165) is 21.3 Å². The summed E-state index contributed by atoms with van der Waals surface area (Å²) in [7, 11) is 0. The van der Waals surface area contributed by atoms with Crippen LogP contribution in [0.2, 0.25) is 0 Å². The molecule has 0 spiro atoms. The number of nitriles is 1. The Hall–Kier alpha value is -2.17. The molecule has 0 aliphatic heterocycles. The Morgan fingerprint density at radius 2 is 2.00 bits per heavy atom. The number of pyridine rings is 2. The molecule has 0 saturated carbocycles. The van der Waals surface area contributed by atoms with Crippen LogP contribution in [0.4, 0.5) is 0 Å². The highest BCUT2D eigenvalue weighted by Crippen LogP contribution is 2.28. The molecule has 0 aliphatic rings. The first kappa shape index (κ1) is 17.6. The van der Waals surface area contributed by atoms with Crippen molar-refractivity contribution in [3.8, 4) is 6.07 Å². The topological polar surface area (TPSA) is 71.1 Å². The Morgan fingerprint density at radius 3 is 2.72 bits per heavy atom. The molecule has 0 aliphatic carbocycles. The van der Waals surface area contributed by atoms with Crippen LogP contribution in [-0.4, -0.2) is 14.4 Å². The first-order valence-electron chi connectivity index (χ1n) is 7.59. The molecule has 0 unspecified atom stereocenters. The van der Waals surface area contributed by atoms with E-state index in [1.54, 1.807) is 12.3 Å². The third-order valence-corrected chi connectivity index (χ3v) is 5.59. The number of aromatic nitrogens is 3. The van der Waals surface area contributed by atoms with E-state index < -0.39 is 0 Å². The van der Waals surface area contributed by atoms with Gasteiger partial charge in [0.15, 0.2) is 0 Å². The molecule has 0 radical (unpaired) electrons. The van der Waals surface area contributed by atoms with Crippen LogP contribution in [-0.2, 0) is 5.75 Å². The van der Waals surface area contributed by atoms with E-state index in [9.17, 15) is 10.1 Å². The zero-order valence-electron chi connectivity index (χ0n) is 14.0. The van der Waals surface area contributed by atoms with Gasteiger partial charge in [-0.15, -0.1) is 0 Å². The molecule has 0 bridgehead atoms. The summed E-state index contributed by atoms with van der Waals surface area (Å²) >= 11 is 4.78. The lowest BCUT2D eigenvalue weighted by molar-refractivity contribution is 0.988. The maximum absolute atomic E-state index is 12.3. The smallest absolute Gasteiger partial charge is 0.258 e. The Bertz CT molecular complexity index is 1090. The van der Waals surface area contributed by atoms with Crippen LogP contribution in [0.15, 0.2) is 38.7 Å². The van der Waals surface area contributed by atoms with Gasteiger partial charge < -0.3 is 0 Å². The molecule has 3 heterocycles. The van der Waals surface area contributed by atoms with E-state index in [4.69, 9.17) is 0 Å². The van der Waals surface area contributed by atoms with Gasteiger partial charge in [0, 0.05) is 28.2 Å². The van der Waals surface area contributed by atoms with Crippen molar-refractivity contribution in [3.05, 3.63) is 67.3 Å². The van der Waals surface area contributed by atoms with Crippen LogP contribution in [0, 0.1) is 32.1 Å². The predicted octanol–water partition coefficient (Wildman–Crippen LogP) is 3.94. The molecular weight excluding hydrogens is 400 g/mol. The highest BCUT2D eigenvalue weighted by atomic mass is 79.9. The number of fused-ring (bicyclic) bond motifs is 1. The second-order valence-corrected chi connectivity index (χ2v) is 7.57. The molecule has 3 aromatic heterocycles. The first-order chi connectivity index (χ1) is 11.9. The van der Waals surface area contributed by atoms with Crippen molar-refractivity contribution in [2.75, 3.05) is 0 Å². The minimum atomic E-state index is -0.133. The minimum absolute atomic E-state index is 0.133. The van der Waals surface area contributed by atoms with Crippen molar-refractivity contribution < 1.29 is 0 Å². The number of hydrogen-bond acceptors (Lipinski definition) is 5. The van der Waals surface area contributed by atoms with Gasteiger partial charge in [0.05, 0.1) is 11.3 Å². The summed E-state index contributed by atoms with van der Waals surface area (Å²) in [5.41, 5.74) is 4.62. The summed E-state index contributed by atoms with van der Waals surface area (Å²) in [6.07, 6.45) is 1.70. The van der Waals surface area contributed by atoms with Gasteiger partial charge in [-0.2, -0.15) is 5.26 Å². The van der Waals surface area contributed by atoms with E-state index in [1.165, 1.54) is 22.2 Å². The summed E-state index contributed by atoms with van der Waals surface area (Å²) in [6.45, 7) is 5.84. The predicted molar refractivity (Wildman–Crippen MR) is 102 cm³/mol. The van der Waals surface area contributed by atoms with Crippen molar-refractivity contribution in [3.63, 3.8) is 0 Å². The second-order valence-electron chi connectivity index (χ2n) is 5.69. The Kier molecular flexibility index (Phi) is 4.93. The van der Waals surface area contributed by atoms with E-state index >= 15 is 0 Å². The first-order valence-corrected chi connectivity index (χ1v) is 9.37. The molecular formula is C18H15BrN4OS. The van der Waals surface area contributed by atoms with Crippen LogP contribution in [0.1, 0.15) is 28.1 Å². The number of aryl methyl sites for hydroxylation is 1. The van der Waals surface area contributed by atoms with Crippen molar-refractivity contribution in [1.82, 2.24) is 14.4 Å². The van der Waals surface area contributed by atoms with Crippen LogP contribution >= 0.6 is 27.7 Å². The molecule has 0 N–H and O–H groups in total. The number of halogens is 1. The van der Waals surface area contributed by atoms with Gasteiger partial charge in [0.25, 0.3) is 5.56 Å². The molecule has 5 nitrogen and oxygen atoms in total. The molecule has 0 saturated heterocycles. The van der Waals surface area contributed by atoms with Crippen LogP contribution in [0.25, 0.3) is 5.65 Å². The lowest BCUT2D eigenvalue weighted by Crippen LogP contribution is -2.15. The van der Waals surface area contributed by atoms with E-state index in [2.05, 4.69) is 32.0 Å². The van der Waals surface area contributed by atoms with Gasteiger partial charge >= 0.3 is 0 Å². The largest absolute Gasteiger partial charge is 0.269 e. The number of hydrogen-bond donors (Lipinski definition) is 0. The maximum atomic E-state index is 12.3. The number of nitrogens with zero attached hydrogens (tertiary/aromatic N) is 4. The SMILES string of the molecule is Cc1nc(SCc2cc(=O)n3cc(Br)ccc3n2)c(C#N)c(C)c1C.